The van der Waals surface area contributed by atoms with Crippen LogP contribution in [0, 0.1) is 0 Å². The lowest BCUT2D eigenvalue weighted by Gasteiger charge is -2.23. The van der Waals surface area contributed by atoms with Crippen LogP contribution in [0.15, 0.2) is 24.3 Å². The molecule has 1 fully saturated rings. The quantitative estimate of drug-likeness (QED) is 0.720. The van der Waals surface area contributed by atoms with Gasteiger partial charge in [0, 0.05) is 6.42 Å². The monoisotopic (exact) mass is 222 g/mol. The highest BCUT2D eigenvalue weighted by Gasteiger charge is 2.14. The number of hydrogen-bond donors (Lipinski definition) is 0. The third-order valence-corrected chi connectivity index (χ3v) is 4.02. The van der Waals surface area contributed by atoms with Crippen molar-refractivity contribution in [3.63, 3.8) is 0 Å². The summed E-state index contributed by atoms with van der Waals surface area (Å²) in [6, 6.07) is 8.46. The molecule has 2 rings (SSSR count). The van der Waals surface area contributed by atoms with Crippen LogP contribution in [-0.2, 0) is 4.74 Å². The second-order valence-electron chi connectivity index (χ2n) is 3.91. The molecule has 1 unspecified atom stereocenters. The van der Waals surface area contributed by atoms with E-state index in [4.69, 9.17) is 9.47 Å². The van der Waals surface area contributed by atoms with Crippen molar-refractivity contribution in [1.82, 2.24) is 0 Å². The normalized spacial score (nSPS) is 22.1. The standard InChI is InChI=1S/C12H18O2Si/c1-15-11-7-5-10(6-8-11)14-12-4-2-3-9-13-12/h5-8,12H,2-4,9,15H2,1H3. The Bertz CT molecular complexity index is 291. The minimum atomic E-state index is -0.0422. The third kappa shape index (κ3) is 3.07. The van der Waals surface area contributed by atoms with Gasteiger partial charge < -0.3 is 9.47 Å². The first-order chi connectivity index (χ1) is 7.38. The Labute approximate surface area is 93.4 Å². The van der Waals surface area contributed by atoms with Crippen LogP contribution in [0.25, 0.3) is 0 Å². The van der Waals surface area contributed by atoms with Crippen LogP contribution in [0.1, 0.15) is 19.3 Å². The molecule has 15 heavy (non-hydrogen) atoms. The fourth-order valence-corrected chi connectivity index (χ4v) is 2.47. The lowest BCUT2D eigenvalue weighted by Crippen LogP contribution is -2.25. The van der Waals surface area contributed by atoms with Gasteiger partial charge in [-0.1, -0.05) is 23.9 Å². The molecule has 1 heterocycles. The third-order valence-electron chi connectivity index (χ3n) is 2.74. The number of benzene rings is 1. The summed E-state index contributed by atoms with van der Waals surface area (Å²) >= 11 is 0. The summed E-state index contributed by atoms with van der Waals surface area (Å²) in [6.45, 7) is 3.13. The Kier molecular flexibility index (Phi) is 3.80. The molecule has 3 heteroatoms. The van der Waals surface area contributed by atoms with Crippen molar-refractivity contribution < 1.29 is 9.47 Å². The molecule has 0 aromatic heterocycles. The molecule has 1 aliphatic heterocycles. The molecule has 1 saturated heterocycles. The first kappa shape index (κ1) is 10.7. The summed E-state index contributed by atoms with van der Waals surface area (Å²) in [5.74, 6) is 0.938. The highest BCUT2D eigenvalue weighted by molar-refractivity contribution is 6.51. The van der Waals surface area contributed by atoms with E-state index in [9.17, 15) is 0 Å². The topological polar surface area (TPSA) is 18.5 Å². The smallest absolute Gasteiger partial charge is 0.199 e. The molecule has 1 atom stereocenters. The summed E-state index contributed by atoms with van der Waals surface area (Å²) < 4.78 is 11.3. The fraction of sp³-hybridized carbons (Fsp3) is 0.500. The minimum Gasteiger partial charge on any atom is -0.465 e. The predicted molar refractivity (Wildman–Crippen MR) is 64.7 cm³/mol. The van der Waals surface area contributed by atoms with E-state index in [1.54, 1.807) is 0 Å². The van der Waals surface area contributed by atoms with Gasteiger partial charge in [-0.15, -0.1) is 0 Å². The molecule has 1 aromatic rings. The fourth-order valence-electron chi connectivity index (χ4n) is 1.76. The number of ether oxygens (including phenoxy) is 2. The van der Waals surface area contributed by atoms with E-state index in [2.05, 4.69) is 30.8 Å². The van der Waals surface area contributed by atoms with Crippen LogP contribution in [-0.4, -0.2) is 22.4 Å². The molecular weight excluding hydrogens is 204 g/mol. The molecule has 82 valence electrons. The summed E-state index contributed by atoms with van der Waals surface area (Å²) in [5.41, 5.74) is 0. The van der Waals surface area contributed by atoms with Crippen molar-refractivity contribution in [1.29, 1.82) is 0 Å². The van der Waals surface area contributed by atoms with Crippen molar-refractivity contribution >= 4 is 14.7 Å². The Morgan fingerprint density at radius 1 is 1.27 bits per heavy atom. The predicted octanol–water partition coefficient (Wildman–Crippen LogP) is 1.43. The maximum Gasteiger partial charge on any atom is 0.199 e. The highest BCUT2D eigenvalue weighted by Crippen LogP contribution is 2.17. The Morgan fingerprint density at radius 2 is 2.07 bits per heavy atom. The van der Waals surface area contributed by atoms with Gasteiger partial charge in [-0.2, -0.15) is 0 Å². The van der Waals surface area contributed by atoms with Crippen molar-refractivity contribution in [3.8, 4) is 5.75 Å². The molecule has 0 spiro atoms. The second kappa shape index (κ2) is 5.33. The van der Waals surface area contributed by atoms with E-state index < -0.39 is 0 Å². The molecule has 1 aromatic carbocycles. The van der Waals surface area contributed by atoms with E-state index in [0.29, 0.717) is 0 Å². The molecule has 0 N–H and O–H groups in total. The maximum absolute atomic E-state index is 5.75. The van der Waals surface area contributed by atoms with E-state index in [1.165, 1.54) is 18.0 Å². The van der Waals surface area contributed by atoms with Crippen LogP contribution >= 0.6 is 0 Å². The van der Waals surface area contributed by atoms with Gasteiger partial charge in [0.25, 0.3) is 0 Å². The lowest BCUT2D eigenvalue weighted by atomic mass is 10.2. The zero-order valence-electron chi connectivity index (χ0n) is 9.24. The molecule has 0 amide bonds. The van der Waals surface area contributed by atoms with Gasteiger partial charge in [0.15, 0.2) is 6.29 Å². The first-order valence-electron chi connectivity index (χ1n) is 5.75. The summed E-state index contributed by atoms with van der Waals surface area (Å²) in [7, 11) is -0.0422. The zero-order chi connectivity index (χ0) is 10.5. The van der Waals surface area contributed by atoms with E-state index in [1.807, 2.05) is 0 Å². The molecule has 0 saturated carbocycles. The van der Waals surface area contributed by atoms with Crippen LogP contribution in [0.4, 0.5) is 0 Å². The van der Waals surface area contributed by atoms with E-state index >= 15 is 0 Å². The lowest BCUT2D eigenvalue weighted by molar-refractivity contribution is -0.105. The minimum absolute atomic E-state index is 0.0246. The van der Waals surface area contributed by atoms with Crippen molar-refractivity contribution in [2.24, 2.45) is 0 Å². The average molecular weight is 222 g/mol. The zero-order valence-corrected chi connectivity index (χ0v) is 10.7. The summed E-state index contributed by atoms with van der Waals surface area (Å²) in [4.78, 5) is 0. The SMILES string of the molecule is C[SiH2]c1ccc(OC2CCCCO2)cc1. The Hall–Kier alpha value is -0.803. The van der Waals surface area contributed by atoms with Gasteiger partial charge in [-0.05, 0) is 25.0 Å². The molecule has 0 bridgehead atoms. The summed E-state index contributed by atoms with van der Waals surface area (Å²) in [5, 5.41) is 1.48. The first-order valence-corrected chi connectivity index (χ1v) is 7.88. The number of rotatable bonds is 3. The van der Waals surface area contributed by atoms with Gasteiger partial charge in [-0.25, -0.2) is 0 Å². The van der Waals surface area contributed by atoms with E-state index in [0.717, 1.165) is 18.8 Å². The van der Waals surface area contributed by atoms with Crippen LogP contribution < -0.4 is 9.92 Å². The van der Waals surface area contributed by atoms with Crippen molar-refractivity contribution in [2.45, 2.75) is 32.1 Å². The van der Waals surface area contributed by atoms with Gasteiger partial charge in [0.2, 0.25) is 0 Å². The van der Waals surface area contributed by atoms with Crippen molar-refractivity contribution in [2.75, 3.05) is 6.61 Å². The van der Waals surface area contributed by atoms with Crippen LogP contribution in [0.5, 0.6) is 5.75 Å². The molecule has 0 aliphatic carbocycles. The Balaban J connectivity index is 1.91. The van der Waals surface area contributed by atoms with E-state index in [-0.39, 0.29) is 15.8 Å². The van der Waals surface area contributed by atoms with Crippen LogP contribution in [0.3, 0.4) is 0 Å². The summed E-state index contributed by atoms with van der Waals surface area (Å²) in [6.07, 6.45) is 3.37. The maximum atomic E-state index is 5.75. The number of hydrogen-bond acceptors (Lipinski definition) is 2. The van der Waals surface area contributed by atoms with Crippen LogP contribution in [0.2, 0.25) is 6.55 Å². The molecule has 2 nitrogen and oxygen atoms in total. The molecular formula is C12H18O2Si. The average Bonchev–Trinajstić information content (AvgIpc) is 2.31. The molecule has 0 radical (unpaired) electrons. The Morgan fingerprint density at radius 3 is 2.67 bits per heavy atom. The van der Waals surface area contributed by atoms with Gasteiger partial charge >= 0.3 is 0 Å². The second-order valence-corrected chi connectivity index (χ2v) is 5.44. The van der Waals surface area contributed by atoms with Gasteiger partial charge in [0.1, 0.15) is 5.75 Å². The van der Waals surface area contributed by atoms with Crippen molar-refractivity contribution in [3.05, 3.63) is 24.3 Å². The molecule has 1 aliphatic rings. The highest BCUT2D eigenvalue weighted by atomic mass is 28.2. The van der Waals surface area contributed by atoms with Gasteiger partial charge in [0.05, 0.1) is 16.1 Å². The van der Waals surface area contributed by atoms with Gasteiger partial charge in [-0.3, -0.25) is 0 Å². The largest absolute Gasteiger partial charge is 0.465 e.